The van der Waals surface area contributed by atoms with Gasteiger partial charge in [-0.3, -0.25) is 4.79 Å². The number of morpholine rings is 1. The zero-order chi connectivity index (χ0) is 13.4. The van der Waals surface area contributed by atoms with E-state index in [1.54, 1.807) is 15.8 Å². The van der Waals surface area contributed by atoms with Crippen molar-refractivity contribution >= 4 is 28.5 Å². The van der Waals surface area contributed by atoms with E-state index in [1.807, 2.05) is 7.05 Å². The van der Waals surface area contributed by atoms with E-state index >= 15 is 0 Å². The Balaban J connectivity index is 2.07. The van der Waals surface area contributed by atoms with Gasteiger partial charge in [0.05, 0.1) is 30.6 Å². The molecule has 3 rings (SSSR count). The molecular formula is C12H13ClN4O2. The van der Waals surface area contributed by atoms with E-state index in [9.17, 15) is 4.79 Å². The van der Waals surface area contributed by atoms with E-state index < -0.39 is 0 Å². The molecule has 7 heteroatoms. The van der Waals surface area contributed by atoms with Crippen molar-refractivity contribution in [2.45, 2.75) is 0 Å². The van der Waals surface area contributed by atoms with Crippen LogP contribution in [-0.4, -0.2) is 51.6 Å². The third kappa shape index (κ3) is 2.06. The minimum Gasteiger partial charge on any atom is -0.378 e. The summed E-state index contributed by atoms with van der Waals surface area (Å²) in [5, 5.41) is 0.314. The van der Waals surface area contributed by atoms with Crippen molar-refractivity contribution in [3.05, 3.63) is 23.2 Å². The third-order valence-electron chi connectivity index (χ3n) is 3.22. The number of fused-ring (bicyclic) bond motifs is 1. The lowest BCUT2D eigenvalue weighted by molar-refractivity contribution is 0.0303. The monoisotopic (exact) mass is 280 g/mol. The van der Waals surface area contributed by atoms with E-state index in [0.717, 1.165) is 5.52 Å². The van der Waals surface area contributed by atoms with Crippen LogP contribution in [0.3, 0.4) is 0 Å². The maximum atomic E-state index is 12.5. The highest BCUT2D eigenvalue weighted by atomic mass is 35.5. The van der Waals surface area contributed by atoms with Crippen LogP contribution in [0.2, 0.25) is 5.15 Å². The van der Waals surface area contributed by atoms with Gasteiger partial charge in [0.1, 0.15) is 5.52 Å². The fourth-order valence-electron chi connectivity index (χ4n) is 2.24. The molecule has 2 aromatic rings. The second-order valence-corrected chi connectivity index (χ2v) is 4.78. The molecule has 0 aromatic carbocycles. The van der Waals surface area contributed by atoms with Gasteiger partial charge in [-0.25, -0.2) is 9.97 Å². The van der Waals surface area contributed by atoms with Gasteiger partial charge in [0.25, 0.3) is 5.91 Å². The molecule has 0 aliphatic carbocycles. The van der Waals surface area contributed by atoms with Gasteiger partial charge in [-0.1, -0.05) is 11.6 Å². The highest BCUT2D eigenvalue weighted by Crippen LogP contribution is 2.23. The molecule has 1 aliphatic heterocycles. The summed E-state index contributed by atoms with van der Waals surface area (Å²) in [5.41, 5.74) is 1.81. The maximum absolute atomic E-state index is 12.5. The summed E-state index contributed by atoms with van der Waals surface area (Å²) in [6.45, 7) is 2.34. The van der Waals surface area contributed by atoms with Gasteiger partial charge in [0.15, 0.2) is 5.15 Å². The predicted octanol–water partition coefficient (Wildman–Crippen LogP) is 1.09. The van der Waals surface area contributed by atoms with Crippen LogP contribution in [0.25, 0.3) is 11.0 Å². The second-order valence-electron chi connectivity index (χ2n) is 4.42. The Bertz CT molecular complexity index is 634. The molecule has 3 heterocycles. The number of aryl methyl sites for hydroxylation is 1. The van der Waals surface area contributed by atoms with Gasteiger partial charge in [0, 0.05) is 26.3 Å². The SMILES string of the molecule is Cn1cnc2c(Cl)ncc(C(=O)N3CCOCC3)c21. The fraction of sp³-hybridized carbons (Fsp3) is 0.417. The van der Waals surface area contributed by atoms with Crippen LogP contribution in [0.4, 0.5) is 0 Å². The molecule has 1 saturated heterocycles. The Kier molecular flexibility index (Phi) is 3.12. The fourth-order valence-corrected chi connectivity index (χ4v) is 2.42. The van der Waals surface area contributed by atoms with Gasteiger partial charge >= 0.3 is 0 Å². The Hall–Kier alpha value is -1.66. The normalized spacial score (nSPS) is 16.0. The van der Waals surface area contributed by atoms with Crippen LogP contribution >= 0.6 is 11.6 Å². The third-order valence-corrected chi connectivity index (χ3v) is 3.50. The lowest BCUT2D eigenvalue weighted by atomic mass is 10.2. The molecule has 0 unspecified atom stereocenters. The first kappa shape index (κ1) is 12.4. The molecule has 0 spiro atoms. The second kappa shape index (κ2) is 4.79. The van der Waals surface area contributed by atoms with E-state index in [0.29, 0.717) is 42.5 Å². The number of aromatic nitrogens is 3. The van der Waals surface area contributed by atoms with Crippen LogP contribution in [-0.2, 0) is 11.8 Å². The number of pyridine rings is 1. The van der Waals surface area contributed by atoms with Crippen LogP contribution < -0.4 is 0 Å². The van der Waals surface area contributed by atoms with Crippen molar-refractivity contribution in [3.8, 4) is 0 Å². The molecule has 0 N–H and O–H groups in total. The van der Waals surface area contributed by atoms with Crippen LogP contribution in [0.15, 0.2) is 12.5 Å². The van der Waals surface area contributed by atoms with Crippen LogP contribution in [0.5, 0.6) is 0 Å². The average molecular weight is 281 g/mol. The summed E-state index contributed by atoms with van der Waals surface area (Å²) in [6.07, 6.45) is 3.15. The molecule has 0 saturated carbocycles. The number of hydrogen-bond donors (Lipinski definition) is 0. The standard InChI is InChI=1S/C12H13ClN4O2/c1-16-7-15-9-10(16)8(6-14-11(9)13)12(18)17-2-4-19-5-3-17/h6-7H,2-5H2,1H3. The van der Waals surface area contributed by atoms with Crippen molar-refractivity contribution in [2.75, 3.05) is 26.3 Å². The number of halogens is 1. The summed E-state index contributed by atoms with van der Waals surface area (Å²) < 4.78 is 7.04. The summed E-state index contributed by atoms with van der Waals surface area (Å²) in [7, 11) is 1.84. The van der Waals surface area contributed by atoms with E-state index in [2.05, 4.69) is 9.97 Å². The van der Waals surface area contributed by atoms with Gasteiger partial charge in [-0.15, -0.1) is 0 Å². The van der Waals surface area contributed by atoms with Crippen molar-refractivity contribution in [1.29, 1.82) is 0 Å². The zero-order valence-electron chi connectivity index (χ0n) is 10.5. The number of ether oxygens (including phenoxy) is 1. The molecule has 0 atom stereocenters. The van der Waals surface area contributed by atoms with Crippen molar-refractivity contribution in [1.82, 2.24) is 19.4 Å². The molecule has 100 valence electrons. The number of hydrogen-bond acceptors (Lipinski definition) is 4. The van der Waals surface area contributed by atoms with Gasteiger partial charge in [-0.05, 0) is 0 Å². The van der Waals surface area contributed by atoms with E-state index in [4.69, 9.17) is 16.3 Å². The Labute approximate surface area is 114 Å². The van der Waals surface area contributed by atoms with Crippen molar-refractivity contribution in [3.63, 3.8) is 0 Å². The highest BCUT2D eigenvalue weighted by Gasteiger charge is 2.23. The molecular weight excluding hydrogens is 268 g/mol. The summed E-state index contributed by atoms with van der Waals surface area (Å²) >= 11 is 6.00. The molecule has 1 aliphatic rings. The Morgan fingerprint density at radius 3 is 2.84 bits per heavy atom. The quantitative estimate of drug-likeness (QED) is 0.734. The summed E-state index contributed by atoms with van der Waals surface area (Å²) in [5.74, 6) is -0.0546. The zero-order valence-corrected chi connectivity index (χ0v) is 11.2. The first-order valence-electron chi connectivity index (χ1n) is 6.01. The van der Waals surface area contributed by atoms with Gasteiger partial charge < -0.3 is 14.2 Å². The van der Waals surface area contributed by atoms with E-state index in [-0.39, 0.29) is 5.91 Å². The number of carbonyl (C=O) groups is 1. The highest BCUT2D eigenvalue weighted by molar-refractivity contribution is 6.34. The first-order chi connectivity index (χ1) is 9.18. The van der Waals surface area contributed by atoms with Crippen molar-refractivity contribution < 1.29 is 9.53 Å². The topological polar surface area (TPSA) is 60.2 Å². The molecule has 2 aromatic heterocycles. The number of amides is 1. The molecule has 0 radical (unpaired) electrons. The van der Waals surface area contributed by atoms with Gasteiger partial charge in [-0.2, -0.15) is 0 Å². The molecule has 1 amide bonds. The number of nitrogens with zero attached hydrogens (tertiary/aromatic N) is 4. The Morgan fingerprint density at radius 2 is 2.11 bits per heavy atom. The van der Waals surface area contributed by atoms with E-state index in [1.165, 1.54) is 6.20 Å². The minimum absolute atomic E-state index is 0.0546. The first-order valence-corrected chi connectivity index (χ1v) is 6.39. The molecule has 19 heavy (non-hydrogen) atoms. The molecule has 0 bridgehead atoms. The maximum Gasteiger partial charge on any atom is 0.257 e. The lowest BCUT2D eigenvalue weighted by Gasteiger charge is -2.27. The minimum atomic E-state index is -0.0546. The lowest BCUT2D eigenvalue weighted by Crippen LogP contribution is -2.40. The Morgan fingerprint density at radius 1 is 1.37 bits per heavy atom. The number of imidazole rings is 1. The molecule has 1 fully saturated rings. The predicted molar refractivity (Wildman–Crippen MR) is 70.2 cm³/mol. The van der Waals surface area contributed by atoms with Crippen molar-refractivity contribution in [2.24, 2.45) is 7.05 Å². The molecule has 6 nitrogen and oxygen atoms in total. The number of carbonyl (C=O) groups excluding carboxylic acids is 1. The van der Waals surface area contributed by atoms with Crippen LogP contribution in [0.1, 0.15) is 10.4 Å². The smallest absolute Gasteiger partial charge is 0.257 e. The average Bonchev–Trinajstić information content (AvgIpc) is 2.83. The van der Waals surface area contributed by atoms with Gasteiger partial charge in [0.2, 0.25) is 0 Å². The van der Waals surface area contributed by atoms with Crippen LogP contribution in [0, 0.1) is 0 Å². The summed E-state index contributed by atoms with van der Waals surface area (Å²) in [4.78, 5) is 22.5. The largest absolute Gasteiger partial charge is 0.378 e. The number of rotatable bonds is 1. The summed E-state index contributed by atoms with van der Waals surface area (Å²) in [6, 6.07) is 0.